The van der Waals surface area contributed by atoms with Gasteiger partial charge in [-0.2, -0.15) is 0 Å². The third-order valence-corrected chi connectivity index (χ3v) is 5.68. The summed E-state index contributed by atoms with van der Waals surface area (Å²) in [6.07, 6.45) is 0. The first-order valence-electron chi connectivity index (χ1n) is 8.38. The van der Waals surface area contributed by atoms with Gasteiger partial charge in [-0.15, -0.1) is 0 Å². The van der Waals surface area contributed by atoms with Crippen LogP contribution in [0.4, 0.5) is 0 Å². The van der Waals surface area contributed by atoms with Crippen LogP contribution >= 0.6 is 0 Å². The van der Waals surface area contributed by atoms with Crippen LogP contribution in [-0.4, -0.2) is 52.2 Å². The number of hydrogen-bond acceptors (Lipinski definition) is 4. The van der Waals surface area contributed by atoms with Gasteiger partial charge in [-0.1, -0.05) is 24.0 Å². The van der Waals surface area contributed by atoms with Crippen LogP contribution in [-0.2, 0) is 10.0 Å². The zero-order valence-corrected chi connectivity index (χ0v) is 16.6. The number of amides is 2. The van der Waals surface area contributed by atoms with Crippen LogP contribution in [0.5, 0.6) is 0 Å². The molecular formula is C20H21N3O4S. The van der Waals surface area contributed by atoms with Crippen LogP contribution in [0.3, 0.4) is 0 Å². The normalized spacial score (nSPS) is 10.7. The Bertz CT molecular complexity index is 1030. The fourth-order valence-electron chi connectivity index (χ4n) is 2.28. The lowest BCUT2D eigenvalue weighted by atomic mass is 10.1. The van der Waals surface area contributed by atoms with E-state index in [2.05, 4.69) is 22.5 Å². The van der Waals surface area contributed by atoms with E-state index in [1.54, 1.807) is 31.3 Å². The van der Waals surface area contributed by atoms with Gasteiger partial charge in [-0.05, 0) is 36.4 Å². The minimum Gasteiger partial charge on any atom is -0.355 e. The molecule has 146 valence electrons. The third kappa shape index (κ3) is 4.97. The highest BCUT2D eigenvalue weighted by Gasteiger charge is 2.17. The lowest BCUT2D eigenvalue weighted by Crippen LogP contribution is -2.24. The standard InChI is InChI=1S/C20H21N3O4S/c1-21-20(25)18-9-5-4-7-15(18)8-6-14-22-19(24)16-10-12-17(13-11-16)28(26,27)23(2)3/h4-5,7,9-13H,14H2,1-3H3,(H,21,25)(H,22,24). The summed E-state index contributed by atoms with van der Waals surface area (Å²) in [5.74, 6) is 5.07. The van der Waals surface area contributed by atoms with Crippen molar-refractivity contribution in [3.8, 4) is 11.8 Å². The molecule has 0 atom stereocenters. The van der Waals surface area contributed by atoms with Crippen molar-refractivity contribution in [2.45, 2.75) is 4.90 Å². The molecule has 8 heteroatoms. The van der Waals surface area contributed by atoms with Gasteiger partial charge in [0.1, 0.15) is 0 Å². The van der Waals surface area contributed by atoms with Gasteiger partial charge < -0.3 is 10.6 Å². The lowest BCUT2D eigenvalue weighted by Gasteiger charge is -2.11. The minimum absolute atomic E-state index is 0.0820. The maximum atomic E-state index is 12.2. The number of carbonyl (C=O) groups is 2. The molecule has 0 saturated carbocycles. The number of benzene rings is 2. The number of nitrogens with one attached hydrogen (secondary N) is 2. The molecule has 2 amide bonds. The first kappa shape index (κ1) is 21.2. The van der Waals surface area contributed by atoms with Gasteiger partial charge in [0, 0.05) is 32.3 Å². The molecule has 0 radical (unpaired) electrons. The molecular weight excluding hydrogens is 378 g/mol. The molecule has 28 heavy (non-hydrogen) atoms. The summed E-state index contributed by atoms with van der Waals surface area (Å²) in [6.45, 7) is 0.0820. The second-order valence-electron chi connectivity index (χ2n) is 5.92. The van der Waals surface area contributed by atoms with Crippen LogP contribution in [0.25, 0.3) is 0 Å². The summed E-state index contributed by atoms with van der Waals surface area (Å²) in [5.41, 5.74) is 1.35. The van der Waals surface area contributed by atoms with Crippen molar-refractivity contribution in [3.05, 3.63) is 65.2 Å². The molecule has 0 spiro atoms. The van der Waals surface area contributed by atoms with Gasteiger partial charge in [0.05, 0.1) is 17.0 Å². The molecule has 2 N–H and O–H groups in total. The Kier molecular flexibility index (Phi) is 6.93. The zero-order valence-electron chi connectivity index (χ0n) is 15.8. The molecule has 2 aromatic carbocycles. The van der Waals surface area contributed by atoms with Crippen molar-refractivity contribution in [3.63, 3.8) is 0 Å². The Labute approximate surface area is 164 Å². The second kappa shape index (κ2) is 9.17. The summed E-state index contributed by atoms with van der Waals surface area (Å²) in [5, 5.41) is 5.19. The molecule has 0 bridgehead atoms. The first-order chi connectivity index (χ1) is 13.3. The summed E-state index contributed by atoms with van der Waals surface area (Å²) in [4.78, 5) is 24.1. The van der Waals surface area contributed by atoms with Gasteiger partial charge in [0.2, 0.25) is 10.0 Å². The smallest absolute Gasteiger partial charge is 0.252 e. The number of sulfonamides is 1. The van der Waals surface area contributed by atoms with Crippen molar-refractivity contribution in [1.29, 1.82) is 0 Å². The Hall–Kier alpha value is -3.15. The monoisotopic (exact) mass is 399 g/mol. The van der Waals surface area contributed by atoms with Crippen LogP contribution in [0.2, 0.25) is 0 Å². The summed E-state index contributed by atoms with van der Waals surface area (Å²) >= 11 is 0. The minimum atomic E-state index is -3.54. The average molecular weight is 399 g/mol. The Balaban J connectivity index is 2.03. The highest BCUT2D eigenvalue weighted by molar-refractivity contribution is 7.89. The van der Waals surface area contributed by atoms with Crippen LogP contribution < -0.4 is 10.6 Å². The fraction of sp³-hybridized carbons (Fsp3) is 0.200. The number of nitrogens with zero attached hydrogens (tertiary/aromatic N) is 1. The molecule has 0 aliphatic carbocycles. The molecule has 0 saturated heterocycles. The van der Waals surface area contributed by atoms with E-state index in [1.807, 2.05) is 0 Å². The molecule has 7 nitrogen and oxygen atoms in total. The van der Waals surface area contributed by atoms with Gasteiger partial charge in [-0.25, -0.2) is 12.7 Å². The highest BCUT2D eigenvalue weighted by atomic mass is 32.2. The van der Waals surface area contributed by atoms with Crippen LogP contribution in [0, 0.1) is 11.8 Å². The van der Waals surface area contributed by atoms with E-state index >= 15 is 0 Å². The van der Waals surface area contributed by atoms with Crippen molar-refractivity contribution in [1.82, 2.24) is 14.9 Å². The summed E-state index contributed by atoms with van der Waals surface area (Å²) in [7, 11) is 0.889. The van der Waals surface area contributed by atoms with Crippen molar-refractivity contribution >= 4 is 21.8 Å². The molecule has 0 unspecified atom stereocenters. The van der Waals surface area contributed by atoms with E-state index in [0.29, 0.717) is 16.7 Å². The molecule has 0 fully saturated rings. The molecule has 0 aliphatic heterocycles. The molecule has 0 aromatic heterocycles. The van der Waals surface area contributed by atoms with E-state index < -0.39 is 10.0 Å². The number of carbonyl (C=O) groups excluding carboxylic acids is 2. The molecule has 2 aromatic rings. The summed E-state index contributed by atoms with van der Waals surface area (Å²) in [6, 6.07) is 12.6. The maximum Gasteiger partial charge on any atom is 0.252 e. The van der Waals surface area contributed by atoms with Crippen molar-refractivity contribution < 1.29 is 18.0 Å². The van der Waals surface area contributed by atoms with Crippen molar-refractivity contribution in [2.24, 2.45) is 0 Å². The van der Waals surface area contributed by atoms with Crippen molar-refractivity contribution in [2.75, 3.05) is 27.7 Å². The zero-order chi connectivity index (χ0) is 20.7. The second-order valence-corrected chi connectivity index (χ2v) is 8.07. The predicted octanol–water partition coefficient (Wildman–Crippen LogP) is 1.08. The quantitative estimate of drug-likeness (QED) is 0.736. The highest BCUT2D eigenvalue weighted by Crippen LogP contribution is 2.14. The van der Waals surface area contributed by atoms with E-state index in [1.165, 1.54) is 38.4 Å². The van der Waals surface area contributed by atoms with Gasteiger partial charge in [-0.3, -0.25) is 9.59 Å². The predicted molar refractivity (Wildman–Crippen MR) is 106 cm³/mol. The first-order valence-corrected chi connectivity index (χ1v) is 9.82. The SMILES string of the molecule is CNC(=O)c1ccccc1C#CCNC(=O)c1ccc(S(=O)(=O)N(C)C)cc1. The number of rotatable bonds is 5. The van der Waals surface area contributed by atoms with E-state index in [-0.39, 0.29) is 23.3 Å². The van der Waals surface area contributed by atoms with Crippen LogP contribution in [0.1, 0.15) is 26.3 Å². The molecule has 2 rings (SSSR count). The molecule has 0 heterocycles. The third-order valence-electron chi connectivity index (χ3n) is 3.85. The van der Waals surface area contributed by atoms with Gasteiger partial charge in [0.25, 0.3) is 11.8 Å². The molecule has 0 aliphatic rings. The van der Waals surface area contributed by atoms with E-state index in [0.717, 1.165) is 4.31 Å². The Morgan fingerprint density at radius 1 is 1.00 bits per heavy atom. The lowest BCUT2D eigenvalue weighted by molar-refractivity contribution is 0.0952. The van der Waals surface area contributed by atoms with Gasteiger partial charge >= 0.3 is 0 Å². The van der Waals surface area contributed by atoms with E-state index in [9.17, 15) is 18.0 Å². The number of hydrogen-bond donors (Lipinski definition) is 2. The Morgan fingerprint density at radius 3 is 2.25 bits per heavy atom. The largest absolute Gasteiger partial charge is 0.355 e. The maximum absolute atomic E-state index is 12.2. The van der Waals surface area contributed by atoms with Gasteiger partial charge in [0.15, 0.2) is 0 Å². The topological polar surface area (TPSA) is 95.6 Å². The van der Waals surface area contributed by atoms with E-state index in [4.69, 9.17) is 0 Å². The summed E-state index contributed by atoms with van der Waals surface area (Å²) < 4.78 is 25.2. The fourth-order valence-corrected chi connectivity index (χ4v) is 3.18. The average Bonchev–Trinajstić information content (AvgIpc) is 2.70. The van der Waals surface area contributed by atoms with Crippen LogP contribution in [0.15, 0.2) is 53.4 Å². The Morgan fingerprint density at radius 2 is 1.64 bits per heavy atom.